The van der Waals surface area contributed by atoms with Gasteiger partial charge >= 0.3 is 0 Å². The average molecular weight is 286 g/mol. The summed E-state index contributed by atoms with van der Waals surface area (Å²) in [4.78, 5) is 8.93. The summed E-state index contributed by atoms with van der Waals surface area (Å²) in [6, 6.07) is 3.97. The van der Waals surface area contributed by atoms with Crippen molar-refractivity contribution in [2.45, 2.75) is 51.5 Å². The number of hydrogen-bond donors (Lipinski definition) is 1. The Hall–Kier alpha value is -1.75. The number of aryl methyl sites for hydroxylation is 1. The highest BCUT2D eigenvalue weighted by Crippen LogP contribution is 2.37. The van der Waals surface area contributed by atoms with Gasteiger partial charge in [0.1, 0.15) is 5.69 Å². The number of nitrogens with zero attached hydrogens (tertiary/aromatic N) is 3. The monoisotopic (exact) mass is 286 g/mol. The van der Waals surface area contributed by atoms with Crippen LogP contribution >= 0.6 is 0 Å². The number of pyridine rings is 1. The van der Waals surface area contributed by atoms with E-state index in [1.807, 2.05) is 12.1 Å². The van der Waals surface area contributed by atoms with Gasteiger partial charge in [-0.1, -0.05) is 25.1 Å². The van der Waals surface area contributed by atoms with Gasteiger partial charge in [0.15, 0.2) is 0 Å². The maximum atomic E-state index is 6.49. The van der Waals surface area contributed by atoms with E-state index in [1.54, 1.807) is 6.20 Å². The van der Waals surface area contributed by atoms with Gasteiger partial charge < -0.3 is 10.3 Å². The van der Waals surface area contributed by atoms with Crippen LogP contribution in [0.5, 0.6) is 0 Å². The van der Waals surface area contributed by atoms with Crippen molar-refractivity contribution in [3.63, 3.8) is 0 Å². The zero-order valence-electron chi connectivity index (χ0n) is 12.7. The van der Waals surface area contributed by atoms with Crippen molar-refractivity contribution in [2.75, 3.05) is 0 Å². The fourth-order valence-corrected chi connectivity index (χ4v) is 2.94. The molecule has 0 amide bonds. The van der Waals surface area contributed by atoms with E-state index in [9.17, 15) is 0 Å². The minimum atomic E-state index is -0.473. The molecule has 2 heterocycles. The van der Waals surface area contributed by atoms with Gasteiger partial charge in [0.25, 0.3) is 0 Å². The van der Waals surface area contributed by atoms with E-state index in [0.717, 1.165) is 49.3 Å². The molecule has 5 heteroatoms. The molecule has 0 atom stereocenters. The standard InChI is InChI=1S/C16H22N4O/c1-3-12-5-4-10-18-13(12)14-19-15(21-20-14)16(17)8-6-11(2)7-9-16/h4-5,10-11H,3,6-9,17H2,1-2H3. The van der Waals surface area contributed by atoms with Crippen molar-refractivity contribution in [1.29, 1.82) is 0 Å². The van der Waals surface area contributed by atoms with Crippen LogP contribution in [0, 0.1) is 5.92 Å². The molecule has 0 radical (unpaired) electrons. The van der Waals surface area contributed by atoms with E-state index >= 15 is 0 Å². The minimum Gasteiger partial charge on any atom is -0.337 e. The summed E-state index contributed by atoms with van der Waals surface area (Å²) in [6.07, 6.45) is 6.66. The second-order valence-corrected chi connectivity index (χ2v) is 6.13. The van der Waals surface area contributed by atoms with Crippen molar-refractivity contribution in [2.24, 2.45) is 11.7 Å². The van der Waals surface area contributed by atoms with Gasteiger partial charge in [0.05, 0.1) is 5.54 Å². The third-order valence-electron chi connectivity index (χ3n) is 4.50. The first-order valence-corrected chi connectivity index (χ1v) is 7.69. The lowest BCUT2D eigenvalue weighted by molar-refractivity contribution is 0.190. The normalized spacial score (nSPS) is 26.0. The first-order valence-electron chi connectivity index (χ1n) is 7.69. The van der Waals surface area contributed by atoms with Crippen LogP contribution in [0.3, 0.4) is 0 Å². The summed E-state index contributed by atoms with van der Waals surface area (Å²) in [7, 11) is 0. The Morgan fingerprint density at radius 3 is 2.86 bits per heavy atom. The molecular formula is C16H22N4O. The first kappa shape index (κ1) is 14.2. The highest BCUT2D eigenvalue weighted by atomic mass is 16.5. The van der Waals surface area contributed by atoms with Crippen molar-refractivity contribution >= 4 is 0 Å². The molecule has 1 aliphatic rings. The summed E-state index contributed by atoms with van der Waals surface area (Å²) >= 11 is 0. The smallest absolute Gasteiger partial charge is 0.247 e. The van der Waals surface area contributed by atoms with E-state index in [4.69, 9.17) is 10.3 Å². The van der Waals surface area contributed by atoms with E-state index in [0.29, 0.717) is 11.7 Å². The summed E-state index contributed by atoms with van der Waals surface area (Å²) in [5.74, 6) is 1.83. The zero-order chi connectivity index (χ0) is 14.9. The second kappa shape index (κ2) is 5.56. The van der Waals surface area contributed by atoms with Crippen LogP contribution < -0.4 is 5.73 Å². The average Bonchev–Trinajstić information content (AvgIpc) is 3.01. The number of hydrogen-bond acceptors (Lipinski definition) is 5. The number of rotatable bonds is 3. The predicted molar refractivity (Wildman–Crippen MR) is 80.4 cm³/mol. The van der Waals surface area contributed by atoms with Gasteiger partial charge in [0.2, 0.25) is 11.7 Å². The Morgan fingerprint density at radius 2 is 2.14 bits per heavy atom. The van der Waals surface area contributed by atoms with E-state index in [2.05, 4.69) is 29.0 Å². The highest BCUT2D eigenvalue weighted by Gasteiger charge is 2.37. The Morgan fingerprint density at radius 1 is 1.38 bits per heavy atom. The first-order chi connectivity index (χ1) is 10.1. The van der Waals surface area contributed by atoms with E-state index in [-0.39, 0.29) is 0 Å². The molecule has 2 N–H and O–H groups in total. The van der Waals surface area contributed by atoms with Crippen LogP contribution in [0.25, 0.3) is 11.5 Å². The van der Waals surface area contributed by atoms with Crippen LogP contribution in [-0.4, -0.2) is 15.1 Å². The summed E-state index contributed by atoms with van der Waals surface area (Å²) in [5.41, 5.74) is 7.93. The van der Waals surface area contributed by atoms with Crippen molar-refractivity contribution in [3.05, 3.63) is 29.8 Å². The summed E-state index contributed by atoms with van der Waals surface area (Å²) in [5, 5.41) is 4.11. The Bertz CT molecular complexity index is 614. The van der Waals surface area contributed by atoms with Crippen LogP contribution in [0.1, 0.15) is 51.0 Å². The lowest BCUT2D eigenvalue weighted by Crippen LogP contribution is -2.40. The Balaban J connectivity index is 1.90. The Kier molecular flexibility index (Phi) is 3.76. The number of aromatic nitrogens is 3. The van der Waals surface area contributed by atoms with Gasteiger partial charge in [-0.25, -0.2) is 0 Å². The van der Waals surface area contributed by atoms with Gasteiger partial charge in [-0.2, -0.15) is 4.98 Å². The molecule has 112 valence electrons. The fourth-order valence-electron chi connectivity index (χ4n) is 2.94. The zero-order valence-corrected chi connectivity index (χ0v) is 12.7. The van der Waals surface area contributed by atoms with Gasteiger partial charge in [-0.05, 0) is 49.7 Å². The molecule has 0 spiro atoms. The minimum absolute atomic E-state index is 0.473. The summed E-state index contributed by atoms with van der Waals surface area (Å²) in [6.45, 7) is 4.36. The third-order valence-corrected chi connectivity index (χ3v) is 4.50. The lowest BCUT2D eigenvalue weighted by atomic mass is 9.78. The molecule has 2 aromatic rings. The van der Waals surface area contributed by atoms with Crippen LogP contribution in [0.2, 0.25) is 0 Å². The largest absolute Gasteiger partial charge is 0.337 e. The fraction of sp³-hybridized carbons (Fsp3) is 0.562. The molecule has 0 aliphatic heterocycles. The SMILES string of the molecule is CCc1cccnc1-c1noc(C2(N)CCC(C)CC2)n1. The van der Waals surface area contributed by atoms with Crippen LogP contribution in [0.4, 0.5) is 0 Å². The molecule has 0 bridgehead atoms. The molecule has 1 fully saturated rings. The molecule has 21 heavy (non-hydrogen) atoms. The van der Waals surface area contributed by atoms with Crippen molar-refractivity contribution in [3.8, 4) is 11.5 Å². The summed E-state index contributed by atoms with van der Waals surface area (Å²) < 4.78 is 5.47. The number of nitrogens with two attached hydrogens (primary N) is 1. The van der Waals surface area contributed by atoms with Gasteiger partial charge in [-0.15, -0.1) is 0 Å². The maximum absolute atomic E-state index is 6.49. The molecular weight excluding hydrogens is 264 g/mol. The van der Waals surface area contributed by atoms with Gasteiger partial charge in [0, 0.05) is 6.20 Å². The van der Waals surface area contributed by atoms with Crippen LogP contribution in [-0.2, 0) is 12.0 Å². The molecule has 0 aromatic carbocycles. The third kappa shape index (κ3) is 2.70. The molecule has 2 aromatic heterocycles. The molecule has 5 nitrogen and oxygen atoms in total. The predicted octanol–water partition coefficient (Wildman–Crippen LogP) is 3.06. The van der Waals surface area contributed by atoms with Crippen molar-refractivity contribution < 1.29 is 4.52 Å². The molecule has 1 saturated carbocycles. The molecule has 0 saturated heterocycles. The van der Waals surface area contributed by atoms with Crippen LogP contribution in [0.15, 0.2) is 22.9 Å². The highest BCUT2D eigenvalue weighted by molar-refractivity contribution is 5.53. The lowest BCUT2D eigenvalue weighted by Gasteiger charge is -2.32. The topological polar surface area (TPSA) is 77.8 Å². The van der Waals surface area contributed by atoms with E-state index < -0.39 is 5.54 Å². The quantitative estimate of drug-likeness (QED) is 0.938. The molecule has 1 aliphatic carbocycles. The Labute approximate surface area is 125 Å². The maximum Gasteiger partial charge on any atom is 0.247 e. The van der Waals surface area contributed by atoms with Crippen molar-refractivity contribution in [1.82, 2.24) is 15.1 Å². The van der Waals surface area contributed by atoms with Gasteiger partial charge in [-0.3, -0.25) is 4.98 Å². The second-order valence-electron chi connectivity index (χ2n) is 6.13. The van der Waals surface area contributed by atoms with E-state index in [1.165, 1.54) is 0 Å². The molecule has 0 unspecified atom stereocenters. The molecule has 3 rings (SSSR count).